The zero-order chi connectivity index (χ0) is 18.2. The summed E-state index contributed by atoms with van der Waals surface area (Å²) in [5.74, 6) is -0.591. The molecule has 0 aromatic rings. The lowest BCUT2D eigenvalue weighted by molar-refractivity contribution is -0.146. The Labute approximate surface area is 145 Å². The molecule has 0 rings (SSSR count). The van der Waals surface area contributed by atoms with Crippen LogP contribution in [-0.2, 0) is 28.6 Å². The van der Waals surface area contributed by atoms with Crippen LogP contribution in [0.4, 0.5) is 0 Å². The SMILES string of the molecule is COC(=O)CCCCCCC(CCCCCC(=O)OC)C(=O)OC. The summed E-state index contributed by atoms with van der Waals surface area (Å²) in [6.45, 7) is 0. The Hall–Kier alpha value is -1.59. The van der Waals surface area contributed by atoms with Crippen molar-refractivity contribution in [3.8, 4) is 0 Å². The van der Waals surface area contributed by atoms with Gasteiger partial charge in [-0.3, -0.25) is 14.4 Å². The topological polar surface area (TPSA) is 78.9 Å². The van der Waals surface area contributed by atoms with Gasteiger partial charge >= 0.3 is 17.9 Å². The number of methoxy groups -OCH3 is 3. The maximum absolute atomic E-state index is 11.8. The fourth-order valence-electron chi connectivity index (χ4n) is 2.60. The summed E-state index contributed by atoms with van der Waals surface area (Å²) in [5, 5.41) is 0. The molecular weight excluding hydrogens is 312 g/mol. The molecule has 0 N–H and O–H groups in total. The van der Waals surface area contributed by atoms with Gasteiger partial charge in [0.25, 0.3) is 0 Å². The van der Waals surface area contributed by atoms with Gasteiger partial charge in [-0.2, -0.15) is 0 Å². The van der Waals surface area contributed by atoms with Crippen LogP contribution in [0.3, 0.4) is 0 Å². The molecule has 0 bridgehead atoms. The van der Waals surface area contributed by atoms with Gasteiger partial charge in [-0.1, -0.05) is 32.1 Å². The number of carbonyl (C=O) groups is 3. The van der Waals surface area contributed by atoms with E-state index < -0.39 is 0 Å². The molecule has 0 aromatic heterocycles. The van der Waals surface area contributed by atoms with Crippen molar-refractivity contribution in [3.63, 3.8) is 0 Å². The van der Waals surface area contributed by atoms with E-state index in [0.29, 0.717) is 12.8 Å². The summed E-state index contributed by atoms with van der Waals surface area (Å²) >= 11 is 0. The molecule has 0 heterocycles. The van der Waals surface area contributed by atoms with Gasteiger partial charge in [-0.25, -0.2) is 0 Å². The molecule has 0 radical (unpaired) electrons. The fourth-order valence-corrected chi connectivity index (χ4v) is 2.60. The van der Waals surface area contributed by atoms with Crippen molar-refractivity contribution in [2.75, 3.05) is 21.3 Å². The Morgan fingerprint density at radius 1 is 0.625 bits per heavy atom. The van der Waals surface area contributed by atoms with E-state index in [2.05, 4.69) is 9.47 Å². The van der Waals surface area contributed by atoms with Crippen LogP contribution in [-0.4, -0.2) is 39.2 Å². The summed E-state index contributed by atoms with van der Waals surface area (Å²) in [4.78, 5) is 33.8. The Kier molecular flexibility index (Phi) is 14.0. The molecule has 140 valence electrons. The Morgan fingerprint density at radius 3 is 1.46 bits per heavy atom. The van der Waals surface area contributed by atoms with Gasteiger partial charge in [0.05, 0.1) is 27.2 Å². The van der Waals surface area contributed by atoms with E-state index in [1.54, 1.807) is 0 Å². The minimum Gasteiger partial charge on any atom is -0.469 e. The highest BCUT2D eigenvalue weighted by atomic mass is 16.5. The highest BCUT2D eigenvalue weighted by Gasteiger charge is 2.18. The highest BCUT2D eigenvalue weighted by molar-refractivity contribution is 5.72. The number of hydrogen-bond acceptors (Lipinski definition) is 6. The summed E-state index contributed by atoms with van der Waals surface area (Å²) in [6.07, 6.45) is 8.80. The van der Waals surface area contributed by atoms with E-state index in [4.69, 9.17) is 4.74 Å². The maximum atomic E-state index is 11.8. The van der Waals surface area contributed by atoms with Crippen molar-refractivity contribution >= 4 is 17.9 Å². The zero-order valence-electron chi connectivity index (χ0n) is 15.3. The van der Waals surface area contributed by atoms with E-state index >= 15 is 0 Å². The standard InChI is InChI=1S/C18H32O6/c1-22-16(19)13-9-5-4-7-11-15(18(21)24-3)12-8-6-10-14-17(20)23-2/h15H,4-14H2,1-3H3. The van der Waals surface area contributed by atoms with Crippen LogP contribution in [0.2, 0.25) is 0 Å². The van der Waals surface area contributed by atoms with Gasteiger partial charge in [0, 0.05) is 12.8 Å². The molecule has 0 amide bonds. The van der Waals surface area contributed by atoms with Crippen LogP contribution < -0.4 is 0 Å². The van der Waals surface area contributed by atoms with Gasteiger partial charge in [-0.05, 0) is 25.7 Å². The van der Waals surface area contributed by atoms with Gasteiger partial charge < -0.3 is 14.2 Å². The molecule has 0 fully saturated rings. The summed E-state index contributed by atoms with van der Waals surface area (Å²) in [6, 6.07) is 0. The Bertz CT molecular complexity index is 367. The van der Waals surface area contributed by atoms with E-state index in [0.717, 1.165) is 57.8 Å². The quantitative estimate of drug-likeness (QED) is 0.273. The molecule has 0 aliphatic heterocycles. The van der Waals surface area contributed by atoms with Crippen molar-refractivity contribution < 1.29 is 28.6 Å². The maximum Gasteiger partial charge on any atom is 0.308 e. The predicted octanol–water partition coefficient (Wildman–Crippen LogP) is 3.41. The minimum absolute atomic E-state index is 0.0752. The predicted molar refractivity (Wildman–Crippen MR) is 90.3 cm³/mol. The lowest BCUT2D eigenvalue weighted by Crippen LogP contribution is -2.16. The monoisotopic (exact) mass is 344 g/mol. The van der Waals surface area contributed by atoms with E-state index in [1.165, 1.54) is 21.3 Å². The first-order valence-electron chi connectivity index (χ1n) is 8.76. The van der Waals surface area contributed by atoms with Gasteiger partial charge in [0.2, 0.25) is 0 Å². The number of ether oxygens (including phenoxy) is 3. The lowest BCUT2D eigenvalue weighted by atomic mass is 9.94. The van der Waals surface area contributed by atoms with E-state index in [-0.39, 0.29) is 23.8 Å². The van der Waals surface area contributed by atoms with Crippen LogP contribution in [0, 0.1) is 5.92 Å². The van der Waals surface area contributed by atoms with Crippen LogP contribution >= 0.6 is 0 Å². The lowest BCUT2D eigenvalue weighted by Gasteiger charge is -2.14. The second-order valence-electron chi connectivity index (χ2n) is 5.92. The number of carbonyl (C=O) groups excluding carboxylic acids is 3. The molecule has 1 atom stereocenters. The van der Waals surface area contributed by atoms with Crippen molar-refractivity contribution in [3.05, 3.63) is 0 Å². The molecule has 0 saturated heterocycles. The Morgan fingerprint density at radius 2 is 1.04 bits per heavy atom. The Balaban J connectivity index is 3.84. The van der Waals surface area contributed by atoms with Crippen LogP contribution in [0.1, 0.15) is 70.6 Å². The number of rotatable bonds is 14. The minimum atomic E-state index is -0.188. The van der Waals surface area contributed by atoms with Gasteiger partial charge in [0.15, 0.2) is 0 Å². The average Bonchev–Trinajstić information content (AvgIpc) is 2.60. The number of hydrogen-bond donors (Lipinski definition) is 0. The third-order valence-corrected chi connectivity index (χ3v) is 4.11. The summed E-state index contributed by atoms with van der Waals surface area (Å²) in [5.41, 5.74) is 0. The molecule has 0 aliphatic carbocycles. The van der Waals surface area contributed by atoms with Gasteiger partial charge in [-0.15, -0.1) is 0 Å². The van der Waals surface area contributed by atoms with E-state index in [1.807, 2.05) is 0 Å². The number of unbranched alkanes of at least 4 members (excludes halogenated alkanes) is 5. The molecule has 6 heteroatoms. The number of esters is 3. The first-order chi connectivity index (χ1) is 11.5. The molecular formula is C18H32O6. The second-order valence-corrected chi connectivity index (χ2v) is 5.92. The zero-order valence-corrected chi connectivity index (χ0v) is 15.3. The van der Waals surface area contributed by atoms with Crippen LogP contribution in [0.5, 0.6) is 0 Å². The van der Waals surface area contributed by atoms with Crippen LogP contribution in [0.25, 0.3) is 0 Å². The molecule has 0 aromatic carbocycles. The third kappa shape index (κ3) is 11.9. The average molecular weight is 344 g/mol. The normalized spacial score (nSPS) is 11.6. The van der Waals surface area contributed by atoms with Crippen LogP contribution in [0.15, 0.2) is 0 Å². The van der Waals surface area contributed by atoms with Crippen molar-refractivity contribution in [2.45, 2.75) is 70.6 Å². The molecule has 1 unspecified atom stereocenters. The molecule has 6 nitrogen and oxygen atoms in total. The van der Waals surface area contributed by atoms with Crippen molar-refractivity contribution in [2.24, 2.45) is 5.92 Å². The summed E-state index contributed by atoms with van der Waals surface area (Å²) < 4.78 is 14.1. The molecule has 24 heavy (non-hydrogen) atoms. The summed E-state index contributed by atoms with van der Waals surface area (Å²) in [7, 11) is 4.21. The first-order valence-corrected chi connectivity index (χ1v) is 8.76. The van der Waals surface area contributed by atoms with Crippen molar-refractivity contribution in [1.29, 1.82) is 0 Å². The smallest absolute Gasteiger partial charge is 0.308 e. The first kappa shape index (κ1) is 22.4. The largest absolute Gasteiger partial charge is 0.469 e. The second kappa shape index (κ2) is 15.0. The van der Waals surface area contributed by atoms with Gasteiger partial charge in [0.1, 0.15) is 0 Å². The fraction of sp³-hybridized carbons (Fsp3) is 0.833. The third-order valence-electron chi connectivity index (χ3n) is 4.11. The molecule has 0 aliphatic rings. The molecule has 0 saturated carbocycles. The van der Waals surface area contributed by atoms with Crippen molar-refractivity contribution in [1.82, 2.24) is 0 Å². The van der Waals surface area contributed by atoms with E-state index in [9.17, 15) is 14.4 Å². The molecule has 0 spiro atoms. The highest BCUT2D eigenvalue weighted by Crippen LogP contribution is 2.20.